The van der Waals surface area contributed by atoms with Gasteiger partial charge in [-0.1, -0.05) is 19.9 Å². The fraction of sp³-hybridized carbons (Fsp3) is 0.304. The van der Waals surface area contributed by atoms with E-state index in [1.165, 1.54) is 28.4 Å². The molecular formula is C23H20F3N3OS. The number of rotatable bonds is 2. The molecule has 8 heteroatoms. The van der Waals surface area contributed by atoms with Crippen LogP contribution < -0.4 is 10.6 Å². The highest BCUT2D eigenvalue weighted by atomic mass is 32.1. The summed E-state index contributed by atoms with van der Waals surface area (Å²) in [5.41, 5.74) is 7.36. The second-order valence-electron chi connectivity index (χ2n) is 8.59. The van der Waals surface area contributed by atoms with E-state index in [-0.39, 0.29) is 28.3 Å². The number of carbonyl (C=O) groups is 1. The molecule has 2 aliphatic rings. The molecule has 0 saturated heterocycles. The molecule has 2 aromatic rings. The summed E-state index contributed by atoms with van der Waals surface area (Å²) in [5, 5.41) is 13.7. The van der Waals surface area contributed by atoms with Crippen LogP contribution in [0.1, 0.15) is 43.7 Å². The number of alkyl halides is 3. The fourth-order valence-corrected chi connectivity index (χ4v) is 5.08. The summed E-state index contributed by atoms with van der Waals surface area (Å²) in [7, 11) is 0. The number of carbonyl (C=O) groups excluding carboxylic acids is 1. The van der Waals surface area contributed by atoms with Crippen LogP contribution in [0.4, 0.5) is 18.9 Å². The third-order valence-electron chi connectivity index (χ3n) is 5.69. The van der Waals surface area contributed by atoms with Crippen LogP contribution in [0.25, 0.3) is 0 Å². The van der Waals surface area contributed by atoms with E-state index >= 15 is 0 Å². The van der Waals surface area contributed by atoms with E-state index in [4.69, 9.17) is 5.73 Å². The van der Waals surface area contributed by atoms with Crippen molar-refractivity contribution < 1.29 is 18.0 Å². The number of Topliss-reactive ketones (excluding diaryl/α,β-unsaturated/α-hetero) is 1. The van der Waals surface area contributed by atoms with E-state index in [0.29, 0.717) is 24.1 Å². The molecule has 0 amide bonds. The zero-order valence-electron chi connectivity index (χ0n) is 17.0. The molecule has 2 heterocycles. The van der Waals surface area contributed by atoms with E-state index in [0.717, 1.165) is 17.7 Å². The summed E-state index contributed by atoms with van der Waals surface area (Å²) in [6.07, 6.45) is -3.79. The number of benzene rings is 1. The number of halogens is 3. The van der Waals surface area contributed by atoms with Crippen molar-refractivity contribution in [2.75, 3.05) is 4.90 Å². The van der Waals surface area contributed by atoms with Crippen LogP contribution in [0.3, 0.4) is 0 Å². The molecule has 1 aliphatic carbocycles. The van der Waals surface area contributed by atoms with E-state index in [1.54, 1.807) is 0 Å². The molecule has 0 saturated carbocycles. The van der Waals surface area contributed by atoms with E-state index in [9.17, 15) is 23.2 Å². The third kappa shape index (κ3) is 3.63. The van der Waals surface area contributed by atoms with Gasteiger partial charge in [0.05, 0.1) is 23.1 Å². The first-order valence-electron chi connectivity index (χ1n) is 9.69. The van der Waals surface area contributed by atoms with Crippen LogP contribution in [-0.2, 0) is 11.0 Å². The zero-order valence-corrected chi connectivity index (χ0v) is 17.8. The lowest BCUT2D eigenvalue weighted by molar-refractivity contribution is -0.137. The van der Waals surface area contributed by atoms with Gasteiger partial charge >= 0.3 is 6.18 Å². The largest absolute Gasteiger partial charge is 0.416 e. The summed E-state index contributed by atoms with van der Waals surface area (Å²) in [6.45, 7) is 3.89. The van der Waals surface area contributed by atoms with E-state index in [1.807, 2.05) is 30.7 Å². The van der Waals surface area contributed by atoms with Gasteiger partial charge in [0.1, 0.15) is 5.82 Å². The highest BCUT2D eigenvalue weighted by Crippen LogP contribution is 2.50. The summed E-state index contributed by atoms with van der Waals surface area (Å²) in [4.78, 5) is 14.8. The van der Waals surface area contributed by atoms with Crippen molar-refractivity contribution in [2.24, 2.45) is 11.1 Å². The minimum absolute atomic E-state index is 0.0577. The first-order chi connectivity index (χ1) is 14.5. The Labute approximate surface area is 182 Å². The van der Waals surface area contributed by atoms with Crippen LogP contribution in [0.2, 0.25) is 0 Å². The Kier molecular flexibility index (Phi) is 4.97. The Morgan fingerprint density at radius 3 is 2.61 bits per heavy atom. The Morgan fingerprint density at radius 2 is 2.00 bits per heavy atom. The van der Waals surface area contributed by atoms with Gasteiger partial charge in [0, 0.05) is 23.4 Å². The van der Waals surface area contributed by atoms with Gasteiger partial charge in [-0.25, -0.2) is 0 Å². The van der Waals surface area contributed by atoms with Gasteiger partial charge in [-0.05, 0) is 52.4 Å². The van der Waals surface area contributed by atoms with Gasteiger partial charge in [0.25, 0.3) is 0 Å². The summed E-state index contributed by atoms with van der Waals surface area (Å²) < 4.78 is 40.1. The minimum atomic E-state index is -4.53. The van der Waals surface area contributed by atoms with Crippen LogP contribution >= 0.6 is 11.3 Å². The monoisotopic (exact) mass is 443 g/mol. The Hall–Kier alpha value is -3.05. The number of ketones is 1. The maximum atomic E-state index is 13.4. The molecule has 4 rings (SSSR count). The van der Waals surface area contributed by atoms with Crippen LogP contribution in [0.15, 0.2) is 63.8 Å². The number of allylic oxidation sites excluding steroid dienone is 3. The zero-order chi connectivity index (χ0) is 22.6. The quantitative estimate of drug-likeness (QED) is 0.646. The topological polar surface area (TPSA) is 70.1 Å². The van der Waals surface area contributed by atoms with Crippen molar-refractivity contribution in [3.8, 4) is 6.07 Å². The fourth-order valence-electron chi connectivity index (χ4n) is 4.40. The molecule has 1 aromatic heterocycles. The van der Waals surface area contributed by atoms with Crippen molar-refractivity contribution >= 4 is 22.8 Å². The van der Waals surface area contributed by atoms with Crippen molar-refractivity contribution in [3.05, 3.63) is 74.9 Å². The van der Waals surface area contributed by atoms with Crippen LogP contribution in [0.5, 0.6) is 0 Å². The lowest BCUT2D eigenvalue weighted by Gasteiger charge is -2.43. The van der Waals surface area contributed by atoms with Crippen molar-refractivity contribution in [1.29, 1.82) is 5.26 Å². The average molecular weight is 443 g/mol. The second kappa shape index (κ2) is 7.27. The van der Waals surface area contributed by atoms with Crippen molar-refractivity contribution in [1.82, 2.24) is 0 Å². The number of anilines is 1. The van der Waals surface area contributed by atoms with E-state index < -0.39 is 17.7 Å². The standard InChI is InChI=1S/C23H20F3N3OS/c1-22(2)9-17-20(18(30)10-22)19(13-6-7-31-12-13)16(11-27)21(28)29(17)15-5-3-4-14(8-15)23(24,25)26/h3-8,12,19H,9-10,28H2,1-2H3. The van der Waals surface area contributed by atoms with Gasteiger partial charge in [0.2, 0.25) is 0 Å². The number of hydrogen-bond acceptors (Lipinski definition) is 5. The number of nitrogens with two attached hydrogens (primary N) is 1. The normalized spacial score (nSPS) is 21.2. The smallest absolute Gasteiger partial charge is 0.384 e. The van der Waals surface area contributed by atoms with Crippen LogP contribution in [-0.4, -0.2) is 5.78 Å². The first-order valence-corrected chi connectivity index (χ1v) is 10.6. The molecule has 1 unspecified atom stereocenters. The highest BCUT2D eigenvalue weighted by Gasteiger charge is 2.45. The molecule has 1 aromatic carbocycles. The molecule has 0 radical (unpaired) electrons. The van der Waals surface area contributed by atoms with Gasteiger partial charge in [-0.15, -0.1) is 0 Å². The Bertz CT molecular complexity index is 1150. The number of hydrogen-bond donors (Lipinski definition) is 1. The molecule has 160 valence electrons. The lowest BCUT2D eigenvalue weighted by Crippen LogP contribution is -2.42. The maximum Gasteiger partial charge on any atom is 0.416 e. The lowest BCUT2D eigenvalue weighted by atomic mass is 9.69. The van der Waals surface area contributed by atoms with Crippen LogP contribution in [0, 0.1) is 16.7 Å². The molecule has 2 N–H and O–H groups in total. The minimum Gasteiger partial charge on any atom is -0.384 e. The predicted octanol–water partition coefficient (Wildman–Crippen LogP) is 5.71. The summed E-state index contributed by atoms with van der Waals surface area (Å²) in [6, 6.07) is 8.77. The maximum absolute atomic E-state index is 13.4. The molecule has 0 fully saturated rings. The van der Waals surface area contributed by atoms with E-state index in [2.05, 4.69) is 6.07 Å². The van der Waals surface area contributed by atoms with Gasteiger partial charge < -0.3 is 5.73 Å². The van der Waals surface area contributed by atoms with Gasteiger partial charge in [-0.3, -0.25) is 9.69 Å². The highest BCUT2D eigenvalue weighted by molar-refractivity contribution is 7.08. The number of nitriles is 1. The molecule has 0 spiro atoms. The second-order valence-corrected chi connectivity index (χ2v) is 9.37. The average Bonchev–Trinajstić information content (AvgIpc) is 3.20. The Balaban J connectivity index is 1.98. The van der Waals surface area contributed by atoms with Crippen molar-refractivity contribution in [2.45, 2.75) is 38.8 Å². The third-order valence-corrected chi connectivity index (χ3v) is 6.39. The first kappa shape index (κ1) is 21.2. The van der Waals surface area contributed by atoms with Crippen molar-refractivity contribution in [3.63, 3.8) is 0 Å². The molecule has 0 bridgehead atoms. The van der Waals surface area contributed by atoms with Gasteiger partial charge in [-0.2, -0.15) is 29.8 Å². The SMILES string of the molecule is CC1(C)CC(=O)C2=C(C1)N(c1cccc(C(F)(F)F)c1)C(N)=C(C#N)C2c1ccsc1. The molecule has 1 atom stereocenters. The Morgan fingerprint density at radius 1 is 1.26 bits per heavy atom. The molecule has 1 aliphatic heterocycles. The number of nitrogens with zero attached hydrogens (tertiary/aromatic N) is 2. The molecule has 4 nitrogen and oxygen atoms in total. The number of thiophene rings is 1. The summed E-state index contributed by atoms with van der Waals surface area (Å²) >= 11 is 1.44. The summed E-state index contributed by atoms with van der Waals surface area (Å²) in [5.74, 6) is -0.668. The predicted molar refractivity (Wildman–Crippen MR) is 113 cm³/mol. The molecule has 31 heavy (non-hydrogen) atoms. The molecular weight excluding hydrogens is 423 g/mol. The van der Waals surface area contributed by atoms with Gasteiger partial charge in [0.15, 0.2) is 5.78 Å².